The fraction of sp³-hybridized carbons (Fsp3) is 0.481. The lowest BCUT2D eigenvalue weighted by Crippen LogP contribution is -2.49. The van der Waals surface area contributed by atoms with E-state index < -0.39 is 0 Å². The van der Waals surface area contributed by atoms with Crippen molar-refractivity contribution in [1.29, 1.82) is 0 Å². The summed E-state index contributed by atoms with van der Waals surface area (Å²) in [6.07, 6.45) is 1.67. The molecule has 4 rings (SSSR count). The Morgan fingerprint density at radius 3 is 2.65 bits per heavy atom. The molecule has 2 aromatic carbocycles. The Balaban J connectivity index is 1.58. The monoisotopic (exact) mass is 465 g/mol. The first kappa shape index (κ1) is 24.2. The van der Waals surface area contributed by atoms with E-state index in [1.54, 1.807) is 23.1 Å². The molecule has 0 bridgehead atoms. The molecule has 2 N–H and O–H groups in total. The Morgan fingerprint density at radius 2 is 1.97 bits per heavy atom. The normalized spacial score (nSPS) is 21.3. The van der Waals surface area contributed by atoms with Crippen LogP contribution in [0.3, 0.4) is 0 Å². The number of carbonyl (C=O) groups is 2. The molecule has 1 aliphatic carbocycles. The van der Waals surface area contributed by atoms with E-state index in [2.05, 4.69) is 36.3 Å². The van der Waals surface area contributed by atoms with E-state index in [1.807, 2.05) is 25.1 Å². The molecule has 0 spiro atoms. The Bertz CT molecular complexity index is 1010. The summed E-state index contributed by atoms with van der Waals surface area (Å²) in [5.41, 5.74) is 2.23. The molecule has 2 amide bonds. The Labute approximate surface area is 201 Å². The van der Waals surface area contributed by atoms with Crippen LogP contribution in [0.4, 0.5) is 5.69 Å². The third-order valence-corrected chi connectivity index (χ3v) is 6.67. The lowest BCUT2D eigenvalue weighted by molar-refractivity contribution is -0.117. The maximum atomic E-state index is 13.5. The summed E-state index contributed by atoms with van der Waals surface area (Å²) in [6, 6.07) is 15.2. The zero-order valence-electron chi connectivity index (χ0n) is 20.2. The van der Waals surface area contributed by atoms with Crippen LogP contribution in [0.2, 0.25) is 0 Å². The number of hydrogen-bond acceptors (Lipinski definition) is 5. The summed E-state index contributed by atoms with van der Waals surface area (Å²) < 4.78 is 6.45. The molecule has 7 heteroatoms. The molecule has 1 aliphatic heterocycles. The predicted octanol–water partition coefficient (Wildman–Crippen LogP) is 3.39. The molecule has 34 heavy (non-hydrogen) atoms. The average Bonchev–Trinajstić information content (AvgIpc) is 3.67. The highest BCUT2D eigenvalue weighted by Crippen LogP contribution is 2.33. The van der Waals surface area contributed by atoms with E-state index in [1.165, 1.54) is 5.56 Å². The van der Waals surface area contributed by atoms with Crippen LogP contribution in [-0.4, -0.2) is 65.6 Å². The minimum atomic E-state index is -0.326. The van der Waals surface area contributed by atoms with Crippen LogP contribution in [-0.2, 0) is 11.3 Å². The van der Waals surface area contributed by atoms with E-state index in [9.17, 15) is 14.7 Å². The Hall–Kier alpha value is -2.90. The lowest BCUT2D eigenvalue weighted by Gasteiger charge is -2.38. The Kier molecular flexibility index (Phi) is 7.54. The van der Waals surface area contributed by atoms with Gasteiger partial charge in [0.15, 0.2) is 0 Å². The lowest BCUT2D eigenvalue weighted by atomic mass is 9.99. The van der Waals surface area contributed by atoms with Crippen molar-refractivity contribution in [3.05, 3.63) is 59.7 Å². The second-order valence-corrected chi connectivity index (χ2v) is 9.78. The molecule has 1 saturated carbocycles. The van der Waals surface area contributed by atoms with Crippen LogP contribution in [0.1, 0.15) is 42.6 Å². The van der Waals surface area contributed by atoms with Gasteiger partial charge in [-0.05, 0) is 50.6 Å². The number of aliphatic hydroxyl groups is 1. The van der Waals surface area contributed by atoms with Crippen LogP contribution in [0, 0.1) is 11.8 Å². The van der Waals surface area contributed by atoms with Crippen molar-refractivity contribution in [1.82, 2.24) is 9.80 Å². The highest BCUT2D eigenvalue weighted by molar-refractivity contribution is 6.00. The summed E-state index contributed by atoms with van der Waals surface area (Å²) in [6.45, 7) is 5.77. The van der Waals surface area contributed by atoms with Gasteiger partial charge in [-0.3, -0.25) is 14.5 Å². The zero-order chi connectivity index (χ0) is 24.2. The van der Waals surface area contributed by atoms with E-state index >= 15 is 0 Å². The van der Waals surface area contributed by atoms with Gasteiger partial charge < -0.3 is 20.1 Å². The van der Waals surface area contributed by atoms with Gasteiger partial charge in [-0.25, -0.2) is 0 Å². The number of amides is 2. The first-order valence-corrected chi connectivity index (χ1v) is 12.1. The predicted molar refractivity (Wildman–Crippen MR) is 132 cm³/mol. The number of rotatable bonds is 8. The van der Waals surface area contributed by atoms with E-state index in [0.29, 0.717) is 30.1 Å². The van der Waals surface area contributed by atoms with Gasteiger partial charge in [-0.1, -0.05) is 37.3 Å². The number of likely N-dealkylation sites (N-methyl/N-ethyl adjacent to an activating group) is 1. The van der Waals surface area contributed by atoms with Gasteiger partial charge >= 0.3 is 0 Å². The van der Waals surface area contributed by atoms with Crippen LogP contribution in [0.25, 0.3) is 0 Å². The van der Waals surface area contributed by atoms with Crippen molar-refractivity contribution in [3.8, 4) is 5.75 Å². The number of carbonyl (C=O) groups excluding carboxylic acids is 2. The van der Waals surface area contributed by atoms with Crippen LogP contribution < -0.4 is 10.1 Å². The average molecular weight is 466 g/mol. The molecule has 2 aromatic rings. The summed E-state index contributed by atoms with van der Waals surface area (Å²) >= 11 is 0. The second kappa shape index (κ2) is 10.6. The molecular formula is C27H35N3O4. The van der Waals surface area contributed by atoms with Crippen molar-refractivity contribution in [2.45, 2.75) is 45.4 Å². The van der Waals surface area contributed by atoms with Gasteiger partial charge in [0.25, 0.3) is 5.91 Å². The van der Waals surface area contributed by atoms with E-state index in [4.69, 9.17) is 4.74 Å². The third-order valence-electron chi connectivity index (χ3n) is 6.67. The molecule has 0 radical (unpaired) electrons. The topological polar surface area (TPSA) is 82.1 Å². The standard InChI is InChI=1S/C27H35N3O4/c1-18-14-30(19(2)17-31)27(33)23-13-22(28-26(32)21-9-10-21)11-12-24(23)34-25(18)16-29(3)15-20-7-5-4-6-8-20/h4-8,11-13,18-19,21,25,31H,9-10,14-17H2,1-3H3,(H,28,32)/t18-,19-,25+/m1/s1. The maximum Gasteiger partial charge on any atom is 0.258 e. The number of ether oxygens (including phenoxy) is 1. The summed E-state index contributed by atoms with van der Waals surface area (Å²) in [7, 11) is 2.07. The van der Waals surface area contributed by atoms with E-state index in [0.717, 1.165) is 19.4 Å². The summed E-state index contributed by atoms with van der Waals surface area (Å²) in [5.74, 6) is 0.439. The highest BCUT2D eigenvalue weighted by atomic mass is 16.5. The number of aliphatic hydroxyl groups excluding tert-OH is 1. The van der Waals surface area contributed by atoms with Crippen molar-refractivity contribution in [3.63, 3.8) is 0 Å². The quantitative estimate of drug-likeness (QED) is 0.625. The van der Waals surface area contributed by atoms with Crippen LogP contribution in [0.15, 0.2) is 48.5 Å². The maximum absolute atomic E-state index is 13.5. The van der Waals surface area contributed by atoms with E-state index in [-0.39, 0.29) is 42.4 Å². The molecule has 0 saturated heterocycles. The third kappa shape index (κ3) is 5.77. The van der Waals surface area contributed by atoms with Crippen molar-refractivity contribution < 1.29 is 19.4 Å². The summed E-state index contributed by atoms with van der Waals surface area (Å²) in [4.78, 5) is 29.7. The number of anilines is 1. The molecular weight excluding hydrogens is 430 g/mol. The molecule has 2 aliphatic rings. The minimum Gasteiger partial charge on any atom is -0.488 e. The van der Waals surface area contributed by atoms with Gasteiger partial charge in [0.05, 0.1) is 18.2 Å². The fourth-order valence-electron chi connectivity index (χ4n) is 4.37. The summed E-state index contributed by atoms with van der Waals surface area (Å²) in [5, 5.41) is 12.8. The molecule has 182 valence electrons. The molecule has 1 fully saturated rings. The highest BCUT2D eigenvalue weighted by Gasteiger charge is 2.34. The van der Waals surface area contributed by atoms with Gasteiger partial charge in [0.1, 0.15) is 11.9 Å². The fourth-order valence-corrected chi connectivity index (χ4v) is 4.37. The number of fused-ring (bicyclic) bond motifs is 1. The number of nitrogens with zero attached hydrogens (tertiary/aromatic N) is 2. The first-order valence-electron chi connectivity index (χ1n) is 12.1. The molecule has 3 atom stereocenters. The van der Waals surface area contributed by atoms with Gasteiger partial charge in [0.2, 0.25) is 5.91 Å². The molecule has 0 unspecified atom stereocenters. The number of nitrogens with one attached hydrogen (secondary N) is 1. The van der Waals surface area contributed by atoms with Crippen LogP contribution in [0.5, 0.6) is 5.75 Å². The molecule has 0 aromatic heterocycles. The Morgan fingerprint density at radius 1 is 1.24 bits per heavy atom. The van der Waals surface area contributed by atoms with Gasteiger partial charge in [-0.2, -0.15) is 0 Å². The number of benzene rings is 2. The van der Waals surface area contributed by atoms with Crippen LogP contribution >= 0.6 is 0 Å². The largest absolute Gasteiger partial charge is 0.488 e. The second-order valence-electron chi connectivity index (χ2n) is 9.78. The van der Waals surface area contributed by atoms with Gasteiger partial charge in [0, 0.05) is 37.2 Å². The molecule has 1 heterocycles. The first-order chi connectivity index (χ1) is 16.4. The van der Waals surface area contributed by atoms with Crippen molar-refractivity contribution in [2.75, 3.05) is 32.1 Å². The smallest absolute Gasteiger partial charge is 0.258 e. The number of hydrogen-bond donors (Lipinski definition) is 2. The van der Waals surface area contributed by atoms with Crippen molar-refractivity contribution in [2.24, 2.45) is 11.8 Å². The molecule has 7 nitrogen and oxygen atoms in total. The zero-order valence-corrected chi connectivity index (χ0v) is 20.2. The van der Waals surface area contributed by atoms with Crippen molar-refractivity contribution >= 4 is 17.5 Å². The minimum absolute atomic E-state index is 0.00576. The SMILES string of the molecule is C[C@@H]1CN([C@H](C)CO)C(=O)c2cc(NC(=O)C3CC3)ccc2O[C@H]1CN(C)Cc1ccccc1. The van der Waals surface area contributed by atoms with Gasteiger partial charge in [-0.15, -0.1) is 0 Å².